The molecule has 148 valence electrons. The molecule has 26 heavy (non-hydrogen) atoms. The summed E-state index contributed by atoms with van der Waals surface area (Å²) in [5.41, 5.74) is 2.28. The molecule has 1 aromatic carbocycles. The van der Waals surface area contributed by atoms with E-state index in [1.807, 2.05) is 20.8 Å². The van der Waals surface area contributed by atoms with Crippen molar-refractivity contribution in [1.82, 2.24) is 4.31 Å². The molecular formula is C18H29NO5S2. The van der Waals surface area contributed by atoms with Crippen molar-refractivity contribution in [2.24, 2.45) is 0 Å². The first-order valence-electron chi connectivity index (χ1n) is 8.94. The fourth-order valence-electron chi connectivity index (χ4n) is 3.77. The quantitative estimate of drug-likeness (QED) is 0.532. The summed E-state index contributed by atoms with van der Waals surface area (Å²) >= 11 is -1.78. The molecule has 8 heteroatoms. The van der Waals surface area contributed by atoms with Crippen molar-refractivity contribution in [2.75, 3.05) is 19.4 Å². The molecule has 1 heterocycles. The summed E-state index contributed by atoms with van der Waals surface area (Å²) in [5, 5.41) is 0. The van der Waals surface area contributed by atoms with Crippen LogP contribution < -0.4 is 4.74 Å². The summed E-state index contributed by atoms with van der Waals surface area (Å²) in [6.45, 7) is 6.05. The maximum atomic E-state index is 13.4. The molecule has 6 nitrogen and oxygen atoms in total. The Hall–Kier alpha value is -0.960. The van der Waals surface area contributed by atoms with Gasteiger partial charge in [0.15, 0.2) is 11.1 Å². The molecule has 1 saturated heterocycles. The summed E-state index contributed by atoms with van der Waals surface area (Å²) < 4.78 is 53.4. The zero-order chi connectivity index (χ0) is 19.5. The van der Waals surface area contributed by atoms with Gasteiger partial charge in [-0.25, -0.2) is 12.6 Å². The van der Waals surface area contributed by atoms with Crippen molar-refractivity contribution in [3.63, 3.8) is 0 Å². The number of benzene rings is 1. The molecule has 1 aromatic rings. The zero-order valence-corrected chi connectivity index (χ0v) is 17.6. The van der Waals surface area contributed by atoms with Gasteiger partial charge in [0, 0.05) is 18.3 Å². The Labute approximate surface area is 159 Å². The van der Waals surface area contributed by atoms with Crippen molar-refractivity contribution < 1.29 is 21.9 Å². The number of hydrogen-bond donors (Lipinski definition) is 1. The standard InChI is InChI=1S/C18H29NO5S2/c1-13-12-17(24-4)14(2)15(3)18(13)26(22,23)19-10-7-9-16(19)8-5-6-11-25(20)21/h12,16H,5-11H2,1-4H3,(H,20,21). The minimum atomic E-state index is -3.58. The molecule has 1 fully saturated rings. The van der Waals surface area contributed by atoms with Gasteiger partial charge in [0.1, 0.15) is 5.75 Å². The minimum Gasteiger partial charge on any atom is -0.496 e. The predicted molar refractivity (Wildman–Crippen MR) is 104 cm³/mol. The van der Waals surface area contributed by atoms with Crippen LogP contribution in [0.3, 0.4) is 0 Å². The largest absolute Gasteiger partial charge is 0.496 e. The summed E-state index contributed by atoms with van der Waals surface area (Å²) in [7, 11) is -1.99. The average molecular weight is 404 g/mol. The summed E-state index contributed by atoms with van der Waals surface area (Å²) in [6.07, 6.45) is 3.80. The van der Waals surface area contributed by atoms with Gasteiger partial charge in [-0.15, -0.1) is 0 Å². The number of rotatable bonds is 8. The fraction of sp³-hybridized carbons (Fsp3) is 0.667. The normalized spacial score (nSPS) is 19.7. The molecule has 1 N–H and O–H groups in total. The molecule has 2 rings (SSSR count). The van der Waals surface area contributed by atoms with Crippen molar-refractivity contribution in [3.05, 3.63) is 22.8 Å². The maximum Gasteiger partial charge on any atom is 0.243 e. The van der Waals surface area contributed by atoms with Crippen LogP contribution in [0.5, 0.6) is 5.75 Å². The van der Waals surface area contributed by atoms with Crippen LogP contribution in [-0.4, -0.2) is 46.9 Å². The monoisotopic (exact) mass is 403 g/mol. The number of ether oxygens (including phenoxy) is 1. The zero-order valence-electron chi connectivity index (χ0n) is 15.9. The van der Waals surface area contributed by atoms with E-state index in [0.29, 0.717) is 29.2 Å². The van der Waals surface area contributed by atoms with Gasteiger partial charge in [-0.1, -0.05) is 6.42 Å². The number of sulfonamides is 1. The Balaban J connectivity index is 2.26. The highest BCUT2D eigenvalue weighted by Gasteiger charge is 2.37. The molecule has 2 atom stereocenters. The van der Waals surface area contributed by atoms with Crippen LogP contribution in [0, 0.1) is 20.8 Å². The van der Waals surface area contributed by atoms with E-state index in [2.05, 4.69) is 0 Å². The van der Waals surface area contributed by atoms with Crippen LogP contribution in [0.25, 0.3) is 0 Å². The van der Waals surface area contributed by atoms with Gasteiger partial charge < -0.3 is 9.29 Å². The van der Waals surface area contributed by atoms with Crippen molar-refractivity contribution in [3.8, 4) is 5.75 Å². The van der Waals surface area contributed by atoms with Crippen LogP contribution >= 0.6 is 0 Å². The number of unbranched alkanes of at least 4 members (excludes halogenated alkanes) is 1. The number of hydrogen-bond acceptors (Lipinski definition) is 4. The Morgan fingerprint density at radius 2 is 1.96 bits per heavy atom. The number of aryl methyl sites for hydroxylation is 1. The first-order chi connectivity index (χ1) is 12.2. The van der Waals surface area contributed by atoms with E-state index in [4.69, 9.17) is 9.29 Å². The van der Waals surface area contributed by atoms with E-state index >= 15 is 0 Å². The van der Waals surface area contributed by atoms with Gasteiger partial charge in [-0.2, -0.15) is 4.31 Å². The van der Waals surface area contributed by atoms with Crippen molar-refractivity contribution in [1.29, 1.82) is 0 Å². The molecule has 1 aliphatic rings. The topological polar surface area (TPSA) is 83.9 Å². The molecule has 0 aromatic heterocycles. The van der Waals surface area contributed by atoms with Crippen LogP contribution in [0.1, 0.15) is 48.8 Å². The third kappa shape index (κ3) is 4.47. The van der Waals surface area contributed by atoms with Gasteiger partial charge >= 0.3 is 0 Å². The molecular weight excluding hydrogens is 374 g/mol. The second-order valence-electron chi connectivity index (χ2n) is 6.91. The van der Waals surface area contributed by atoms with Crippen LogP contribution in [0.15, 0.2) is 11.0 Å². The van der Waals surface area contributed by atoms with Crippen molar-refractivity contribution >= 4 is 21.1 Å². The maximum absolute atomic E-state index is 13.4. The van der Waals surface area contributed by atoms with Gasteiger partial charge in [0.2, 0.25) is 10.0 Å². The van der Waals surface area contributed by atoms with Gasteiger partial charge in [0.05, 0.1) is 12.0 Å². The highest BCUT2D eigenvalue weighted by atomic mass is 32.2. The fourth-order valence-corrected chi connectivity index (χ4v) is 6.43. The Morgan fingerprint density at radius 1 is 1.27 bits per heavy atom. The Morgan fingerprint density at radius 3 is 2.58 bits per heavy atom. The SMILES string of the molecule is COc1cc(C)c(S(=O)(=O)N2CCCC2CCCCS(=O)O)c(C)c1C. The lowest BCUT2D eigenvalue weighted by Gasteiger charge is -2.26. The van der Waals surface area contributed by atoms with Gasteiger partial charge in [-0.3, -0.25) is 0 Å². The van der Waals surface area contributed by atoms with E-state index in [0.717, 1.165) is 36.8 Å². The lowest BCUT2D eigenvalue weighted by molar-refractivity contribution is 0.362. The van der Waals surface area contributed by atoms with E-state index in [9.17, 15) is 12.6 Å². The average Bonchev–Trinajstić information content (AvgIpc) is 3.04. The third-order valence-corrected chi connectivity index (χ3v) is 8.07. The van der Waals surface area contributed by atoms with E-state index in [1.54, 1.807) is 17.5 Å². The molecule has 0 amide bonds. The molecule has 2 unspecified atom stereocenters. The predicted octanol–water partition coefficient (Wildman–Crippen LogP) is 3.17. The molecule has 0 spiro atoms. The summed E-state index contributed by atoms with van der Waals surface area (Å²) in [6, 6.07) is 1.75. The first kappa shape index (κ1) is 21.3. The molecule has 0 aliphatic carbocycles. The Bertz CT molecular complexity index is 776. The second kappa shape index (κ2) is 8.82. The smallest absolute Gasteiger partial charge is 0.243 e. The highest BCUT2D eigenvalue weighted by molar-refractivity contribution is 7.89. The summed E-state index contributed by atoms with van der Waals surface area (Å²) in [5.74, 6) is 0.948. The first-order valence-corrected chi connectivity index (χ1v) is 11.7. The summed E-state index contributed by atoms with van der Waals surface area (Å²) in [4.78, 5) is 0.388. The molecule has 0 radical (unpaired) electrons. The van der Waals surface area contributed by atoms with E-state index < -0.39 is 21.1 Å². The number of nitrogens with zero attached hydrogens (tertiary/aromatic N) is 1. The molecule has 0 saturated carbocycles. The van der Waals surface area contributed by atoms with Crippen LogP contribution in [0.4, 0.5) is 0 Å². The van der Waals surface area contributed by atoms with Crippen LogP contribution in [-0.2, 0) is 21.1 Å². The minimum absolute atomic E-state index is 0.0339. The van der Waals surface area contributed by atoms with E-state index in [-0.39, 0.29) is 11.8 Å². The molecule has 0 bridgehead atoms. The van der Waals surface area contributed by atoms with Gasteiger partial charge in [-0.05, 0) is 69.2 Å². The van der Waals surface area contributed by atoms with Gasteiger partial charge in [0.25, 0.3) is 0 Å². The highest BCUT2D eigenvalue weighted by Crippen LogP contribution is 2.35. The molecule has 1 aliphatic heterocycles. The third-order valence-electron chi connectivity index (χ3n) is 5.19. The van der Waals surface area contributed by atoms with E-state index in [1.165, 1.54) is 0 Å². The second-order valence-corrected chi connectivity index (χ2v) is 9.79. The number of methoxy groups -OCH3 is 1. The Kier molecular flexibility index (Phi) is 7.24. The van der Waals surface area contributed by atoms with Crippen LogP contribution in [0.2, 0.25) is 0 Å². The van der Waals surface area contributed by atoms with Crippen molar-refractivity contribution in [2.45, 2.75) is 63.8 Å². The lowest BCUT2D eigenvalue weighted by Crippen LogP contribution is -2.36. The lowest BCUT2D eigenvalue weighted by atomic mass is 10.1.